The van der Waals surface area contributed by atoms with E-state index in [4.69, 9.17) is 4.52 Å². The molecule has 0 aromatic carbocycles. The lowest BCUT2D eigenvalue weighted by Crippen LogP contribution is -2.15. The molecular formula is C14H20N4O. The molecule has 19 heavy (non-hydrogen) atoms. The van der Waals surface area contributed by atoms with Crippen molar-refractivity contribution in [2.75, 3.05) is 7.05 Å². The van der Waals surface area contributed by atoms with Crippen molar-refractivity contribution >= 4 is 0 Å². The molecule has 3 rings (SSSR count). The largest absolute Gasteiger partial charge is 0.344 e. The zero-order valence-corrected chi connectivity index (χ0v) is 11.5. The SMILES string of the molecule is CNC1CCCCc2cn(Cc3nc(C)no3)cc21. The molecule has 1 N–H and O–H groups in total. The van der Waals surface area contributed by atoms with Gasteiger partial charge in [-0.2, -0.15) is 4.98 Å². The van der Waals surface area contributed by atoms with E-state index >= 15 is 0 Å². The van der Waals surface area contributed by atoms with Crippen molar-refractivity contribution < 1.29 is 4.52 Å². The monoisotopic (exact) mass is 260 g/mol. The van der Waals surface area contributed by atoms with Gasteiger partial charge < -0.3 is 14.4 Å². The molecule has 0 fully saturated rings. The van der Waals surface area contributed by atoms with Crippen LogP contribution in [0.3, 0.4) is 0 Å². The van der Waals surface area contributed by atoms with Crippen LogP contribution in [0.25, 0.3) is 0 Å². The van der Waals surface area contributed by atoms with Gasteiger partial charge in [0, 0.05) is 18.4 Å². The summed E-state index contributed by atoms with van der Waals surface area (Å²) in [5.74, 6) is 1.36. The standard InChI is InChI=1S/C14H20N4O/c1-10-16-14(19-17-10)9-18-7-11-5-3-4-6-13(15-2)12(11)8-18/h7-8,13,15H,3-6,9H2,1-2H3. The summed E-state index contributed by atoms with van der Waals surface area (Å²) < 4.78 is 7.34. The minimum atomic E-state index is 0.475. The van der Waals surface area contributed by atoms with Gasteiger partial charge in [-0.05, 0) is 44.4 Å². The van der Waals surface area contributed by atoms with Crippen LogP contribution in [0.2, 0.25) is 0 Å². The third-order valence-corrected chi connectivity index (χ3v) is 3.80. The van der Waals surface area contributed by atoms with Gasteiger partial charge in [-0.3, -0.25) is 0 Å². The molecule has 0 bridgehead atoms. The molecule has 1 aliphatic rings. The number of aryl methyl sites for hydroxylation is 2. The molecule has 0 aliphatic heterocycles. The summed E-state index contributed by atoms with van der Waals surface area (Å²) in [5, 5.41) is 7.25. The van der Waals surface area contributed by atoms with Crippen molar-refractivity contribution in [3.05, 3.63) is 35.2 Å². The second-order valence-electron chi connectivity index (χ2n) is 5.23. The van der Waals surface area contributed by atoms with Crippen molar-refractivity contribution in [2.45, 2.75) is 45.2 Å². The second-order valence-corrected chi connectivity index (χ2v) is 5.23. The van der Waals surface area contributed by atoms with E-state index in [0.717, 1.165) is 0 Å². The van der Waals surface area contributed by atoms with Crippen molar-refractivity contribution in [3.63, 3.8) is 0 Å². The Labute approximate surface area is 113 Å². The van der Waals surface area contributed by atoms with Gasteiger partial charge in [-0.25, -0.2) is 0 Å². The maximum Gasteiger partial charge on any atom is 0.246 e. The summed E-state index contributed by atoms with van der Waals surface area (Å²) in [6.07, 6.45) is 9.40. The van der Waals surface area contributed by atoms with Gasteiger partial charge in [-0.15, -0.1) is 0 Å². The zero-order valence-electron chi connectivity index (χ0n) is 11.5. The number of hydrogen-bond donors (Lipinski definition) is 1. The molecule has 0 saturated carbocycles. The van der Waals surface area contributed by atoms with Crippen LogP contribution in [-0.2, 0) is 13.0 Å². The van der Waals surface area contributed by atoms with E-state index in [1.807, 2.05) is 14.0 Å². The van der Waals surface area contributed by atoms with Gasteiger partial charge in [0.05, 0.1) is 0 Å². The predicted molar refractivity (Wildman–Crippen MR) is 71.9 cm³/mol. The maximum atomic E-state index is 5.18. The van der Waals surface area contributed by atoms with Crippen molar-refractivity contribution in [1.29, 1.82) is 0 Å². The van der Waals surface area contributed by atoms with Gasteiger partial charge >= 0.3 is 0 Å². The number of rotatable bonds is 3. The molecule has 2 aromatic rings. The highest BCUT2D eigenvalue weighted by Crippen LogP contribution is 2.29. The summed E-state index contributed by atoms with van der Waals surface area (Å²) in [5.41, 5.74) is 2.88. The van der Waals surface area contributed by atoms with Crippen LogP contribution in [0, 0.1) is 6.92 Å². The van der Waals surface area contributed by atoms with Gasteiger partial charge in [0.2, 0.25) is 5.89 Å². The zero-order chi connectivity index (χ0) is 13.2. The Morgan fingerprint density at radius 2 is 2.32 bits per heavy atom. The minimum Gasteiger partial charge on any atom is -0.344 e. The van der Waals surface area contributed by atoms with Gasteiger partial charge in [0.25, 0.3) is 0 Å². The fourth-order valence-electron chi connectivity index (χ4n) is 2.87. The Balaban J connectivity index is 1.84. The fraction of sp³-hybridized carbons (Fsp3) is 0.571. The van der Waals surface area contributed by atoms with Gasteiger partial charge in [0.1, 0.15) is 6.54 Å². The first-order chi connectivity index (χ1) is 9.26. The lowest BCUT2D eigenvalue weighted by molar-refractivity contribution is 0.367. The van der Waals surface area contributed by atoms with Crippen LogP contribution in [-0.4, -0.2) is 21.8 Å². The minimum absolute atomic E-state index is 0.475. The van der Waals surface area contributed by atoms with Crippen LogP contribution in [0.1, 0.15) is 48.1 Å². The molecule has 1 aliphatic carbocycles. The molecule has 0 spiro atoms. The summed E-state index contributed by atoms with van der Waals surface area (Å²) >= 11 is 0. The predicted octanol–water partition coefficient (Wildman–Crippen LogP) is 2.21. The number of aromatic nitrogens is 3. The number of nitrogens with zero attached hydrogens (tertiary/aromatic N) is 3. The first-order valence-electron chi connectivity index (χ1n) is 6.91. The van der Waals surface area contributed by atoms with Crippen LogP contribution >= 0.6 is 0 Å². The third kappa shape index (κ3) is 2.56. The molecular weight excluding hydrogens is 240 g/mol. The van der Waals surface area contributed by atoms with Crippen LogP contribution in [0.4, 0.5) is 0 Å². The van der Waals surface area contributed by atoms with E-state index in [1.165, 1.54) is 36.8 Å². The highest BCUT2D eigenvalue weighted by molar-refractivity contribution is 5.29. The molecule has 102 valence electrons. The van der Waals surface area contributed by atoms with Gasteiger partial charge in [-0.1, -0.05) is 11.6 Å². The second kappa shape index (κ2) is 5.17. The highest BCUT2D eigenvalue weighted by Gasteiger charge is 2.19. The lowest BCUT2D eigenvalue weighted by atomic mass is 10.1. The fourth-order valence-corrected chi connectivity index (χ4v) is 2.87. The first kappa shape index (κ1) is 12.4. The van der Waals surface area contributed by atoms with Crippen molar-refractivity contribution in [2.24, 2.45) is 0 Å². The Hall–Kier alpha value is -1.62. The molecule has 2 aromatic heterocycles. The van der Waals surface area contributed by atoms with Gasteiger partial charge in [0.15, 0.2) is 5.82 Å². The highest BCUT2D eigenvalue weighted by atomic mass is 16.5. The van der Waals surface area contributed by atoms with Crippen LogP contribution in [0.5, 0.6) is 0 Å². The Morgan fingerprint density at radius 1 is 1.42 bits per heavy atom. The smallest absolute Gasteiger partial charge is 0.246 e. The summed E-state index contributed by atoms with van der Waals surface area (Å²) in [6, 6.07) is 0.475. The number of hydrogen-bond acceptors (Lipinski definition) is 4. The van der Waals surface area contributed by atoms with E-state index in [-0.39, 0.29) is 0 Å². The molecule has 5 heteroatoms. The Morgan fingerprint density at radius 3 is 3.05 bits per heavy atom. The molecule has 1 unspecified atom stereocenters. The van der Waals surface area contributed by atoms with Crippen molar-refractivity contribution in [1.82, 2.24) is 20.0 Å². The molecule has 0 saturated heterocycles. The molecule has 0 amide bonds. The van der Waals surface area contributed by atoms with E-state index in [2.05, 4.69) is 32.4 Å². The van der Waals surface area contributed by atoms with Crippen LogP contribution in [0.15, 0.2) is 16.9 Å². The number of nitrogens with one attached hydrogen (secondary N) is 1. The molecule has 2 heterocycles. The van der Waals surface area contributed by atoms with E-state index in [1.54, 1.807) is 0 Å². The van der Waals surface area contributed by atoms with Crippen molar-refractivity contribution in [3.8, 4) is 0 Å². The lowest BCUT2D eigenvalue weighted by Gasteiger charge is -2.13. The molecule has 1 atom stereocenters. The summed E-state index contributed by atoms with van der Waals surface area (Å²) in [6.45, 7) is 2.50. The van der Waals surface area contributed by atoms with E-state index in [9.17, 15) is 0 Å². The number of fused-ring (bicyclic) bond motifs is 1. The van der Waals surface area contributed by atoms with E-state index < -0.39 is 0 Å². The average Bonchev–Trinajstić information content (AvgIpc) is 2.92. The molecule has 0 radical (unpaired) electrons. The summed E-state index contributed by atoms with van der Waals surface area (Å²) in [4.78, 5) is 4.26. The summed E-state index contributed by atoms with van der Waals surface area (Å²) in [7, 11) is 2.04. The third-order valence-electron chi connectivity index (χ3n) is 3.80. The van der Waals surface area contributed by atoms with E-state index in [0.29, 0.717) is 24.3 Å². The average molecular weight is 260 g/mol. The maximum absolute atomic E-state index is 5.18. The van der Waals surface area contributed by atoms with Crippen LogP contribution < -0.4 is 5.32 Å². The Bertz CT molecular complexity index is 558. The first-order valence-corrected chi connectivity index (χ1v) is 6.91. The topological polar surface area (TPSA) is 55.9 Å². The quantitative estimate of drug-likeness (QED) is 0.860. The molecule has 5 nitrogen and oxygen atoms in total. The normalized spacial score (nSPS) is 19.2. The Kier molecular flexibility index (Phi) is 3.38.